The maximum absolute atomic E-state index is 13.1. The lowest BCUT2D eigenvalue weighted by Gasteiger charge is -2.19. The van der Waals surface area contributed by atoms with Crippen LogP contribution in [0, 0.1) is 13.8 Å². The first-order valence-electron chi connectivity index (χ1n) is 10.3. The number of rotatable bonds is 5. The molecule has 32 heavy (non-hydrogen) atoms. The standard InChI is InChI=1S/C26H25N3O3/c1-17-8-10-19(11-9-17)16-28(3)26(32)21-14-20(24(30)15-25(21)31)23-12-13-27-29(23)22-7-5-4-6-18(22)2/h4-15,30-31H,16H2,1-3H3. The fourth-order valence-corrected chi connectivity index (χ4v) is 3.70. The fraction of sp³-hybridized carbons (Fsp3) is 0.154. The molecule has 6 nitrogen and oxygen atoms in total. The third kappa shape index (κ3) is 4.07. The van der Waals surface area contributed by atoms with Crippen molar-refractivity contribution in [1.29, 1.82) is 0 Å². The SMILES string of the molecule is Cc1ccc(CN(C)C(=O)c2cc(-c3ccnn3-c3ccccc3C)c(O)cc2O)cc1. The molecule has 0 atom stereocenters. The lowest BCUT2D eigenvalue weighted by molar-refractivity contribution is 0.0782. The number of aromatic nitrogens is 2. The van der Waals surface area contributed by atoms with Crippen LogP contribution in [-0.2, 0) is 6.54 Å². The van der Waals surface area contributed by atoms with Crippen LogP contribution in [0.5, 0.6) is 11.5 Å². The summed E-state index contributed by atoms with van der Waals surface area (Å²) in [7, 11) is 1.69. The van der Waals surface area contributed by atoms with Gasteiger partial charge in [-0.1, -0.05) is 48.0 Å². The van der Waals surface area contributed by atoms with Crippen molar-refractivity contribution in [2.75, 3.05) is 7.05 Å². The van der Waals surface area contributed by atoms with Crippen molar-refractivity contribution < 1.29 is 15.0 Å². The second-order valence-corrected chi connectivity index (χ2v) is 7.95. The number of amides is 1. The van der Waals surface area contributed by atoms with Gasteiger partial charge in [-0.25, -0.2) is 4.68 Å². The van der Waals surface area contributed by atoms with Crippen LogP contribution in [0.2, 0.25) is 0 Å². The molecule has 0 aliphatic carbocycles. The monoisotopic (exact) mass is 427 g/mol. The van der Waals surface area contributed by atoms with Crippen molar-refractivity contribution in [2.45, 2.75) is 20.4 Å². The van der Waals surface area contributed by atoms with Crippen LogP contribution in [-0.4, -0.2) is 37.8 Å². The molecule has 0 saturated heterocycles. The van der Waals surface area contributed by atoms with E-state index in [9.17, 15) is 15.0 Å². The number of hydrogen-bond acceptors (Lipinski definition) is 4. The fourth-order valence-electron chi connectivity index (χ4n) is 3.70. The van der Waals surface area contributed by atoms with Crippen LogP contribution in [0.4, 0.5) is 0 Å². The Morgan fingerprint density at radius 2 is 1.69 bits per heavy atom. The van der Waals surface area contributed by atoms with Gasteiger partial charge in [-0.3, -0.25) is 4.79 Å². The number of phenols is 2. The molecule has 0 saturated carbocycles. The Morgan fingerprint density at radius 1 is 0.969 bits per heavy atom. The summed E-state index contributed by atoms with van der Waals surface area (Å²) in [6.07, 6.45) is 1.64. The summed E-state index contributed by atoms with van der Waals surface area (Å²) in [5, 5.41) is 25.4. The molecule has 162 valence electrons. The highest BCUT2D eigenvalue weighted by molar-refractivity contribution is 5.98. The Morgan fingerprint density at radius 3 is 2.41 bits per heavy atom. The first kappa shape index (κ1) is 21.2. The number of para-hydroxylation sites is 1. The largest absolute Gasteiger partial charge is 0.507 e. The van der Waals surface area contributed by atoms with Gasteiger partial charge in [-0.2, -0.15) is 5.10 Å². The molecule has 6 heteroatoms. The van der Waals surface area contributed by atoms with Gasteiger partial charge >= 0.3 is 0 Å². The summed E-state index contributed by atoms with van der Waals surface area (Å²) >= 11 is 0. The van der Waals surface area contributed by atoms with Gasteiger partial charge in [0.05, 0.1) is 23.1 Å². The van der Waals surface area contributed by atoms with Crippen LogP contribution in [0.1, 0.15) is 27.0 Å². The van der Waals surface area contributed by atoms with E-state index in [2.05, 4.69) is 5.10 Å². The number of carbonyl (C=O) groups is 1. The molecule has 3 aromatic carbocycles. The Bertz CT molecular complexity index is 1280. The Labute approximate surface area is 187 Å². The average Bonchev–Trinajstić information content (AvgIpc) is 3.24. The van der Waals surface area contributed by atoms with Crippen LogP contribution < -0.4 is 0 Å². The van der Waals surface area contributed by atoms with Crippen LogP contribution in [0.3, 0.4) is 0 Å². The summed E-state index contributed by atoms with van der Waals surface area (Å²) in [6, 6.07) is 20.2. The van der Waals surface area contributed by atoms with Gasteiger partial charge in [-0.15, -0.1) is 0 Å². The van der Waals surface area contributed by atoms with Crippen molar-refractivity contribution in [2.24, 2.45) is 0 Å². The molecule has 0 aliphatic heterocycles. The van der Waals surface area contributed by atoms with Gasteiger partial charge in [0.2, 0.25) is 0 Å². The number of nitrogens with zero attached hydrogens (tertiary/aromatic N) is 3. The van der Waals surface area contributed by atoms with E-state index in [4.69, 9.17) is 0 Å². The summed E-state index contributed by atoms with van der Waals surface area (Å²) < 4.78 is 1.71. The van der Waals surface area contributed by atoms with Gasteiger partial charge in [-0.05, 0) is 43.2 Å². The van der Waals surface area contributed by atoms with Crippen LogP contribution in [0.25, 0.3) is 16.9 Å². The Balaban J connectivity index is 1.70. The van der Waals surface area contributed by atoms with Crippen molar-refractivity contribution in [3.05, 3.63) is 95.2 Å². The zero-order valence-electron chi connectivity index (χ0n) is 18.3. The number of aryl methyl sites for hydroxylation is 2. The van der Waals surface area contributed by atoms with Gasteiger partial charge < -0.3 is 15.1 Å². The molecule has 0 aliphatic rings. The molecule has 0 bridgehead atoms. The maximum atomic E-state index is 13.1. The lowest BCUT2D eigenvalue weighted by atomic mass is 10.0. The van der Waals surface area contributed by atoms with E-state index in [1.807, 2.05) is 62.4 Å². The third-order valence-corrected chi connectivity index (χ3v) is 5.49. The first-order chi connectivity index (χ1) is 15.3. The van der Waals surface area contributed by atoms with E-state index in [1.54, 1.807) is 28.9 Å². The zero-order chi connectivity index (χ0) is 22.8. The Kier molecular flexibility index (Phi) is 5.69. The normalized spacial score (nSPS) is 10.8. The summed E-state index contributed by atoms with van der Waals surface area (Å²) in [4.78, 5) is 14.7. The molecule has 0 radical (unpaired) electrons. The second kappa shape index (κ2) is 8.59. The van der Waals surface area contributed by atoms with Crippen LogP contribution in [0.15, 0.2) is 72.9 Å². The highest BCUT2D eigenvalue weighted by Crippen LogP contribution is 2.36. The van der Waals surface area contributed by atoms with Gasteiger partial charge in [0.1, 0.15) is 11.5 Å². The molecule has 1 heterocycles. The summed E-state index contributed by atoms with van der Waals surface area (Å²) in [5.74, 6) is -0.740. The minimum Gasteiger partial charge on any atom is -0.507 e. The van der Waals surface area contributed by atoms with Gasteiger partial charge in [0.25, 0.3) is 5.91 Å². The smallest absolute Gasteiger partial charge is 0.257 e. The summed E-state index contributed by atoms with van der Waals surface area (Å²) in [6.45, 7) is 4.39. The van der Waals surface area contributed by atoms with E-state index >= 15 is 0 Å². The quantitative estimate of drug-likeness (QED) is 0.478. The topological polar surface area (TPSA) is 78.6 Å². The number of phenolic OH excluding ortho intramolecular Hbond substituents is 2. The van der Waals surface area contributed by atoms with E-state index in [-0.39, 0.29) is 23.0 Å². The van der Waals surface area contributed by atoms with E-state index < -0.39 is 0 Å². The van der Waals surface area contributed by atoms with E-state index in [0.29, 0.717) is 17.8 Å². The molecule has 4 rings (SSSR count). The predicted octanol–water partition coefficient (Wildman–Crippen LogP) is 4.84. The zero-order valence-corrected chi connectivity index (χ0v) is 18.3. The molecule has 1 aromatic heterocycles. The molecule has 0 fully saturated rings. The first-order valence-corrected chi connectivity index (χ1v) is 10.3. The van der Waals surface area contributed by atoms with E-state index in [1.165, 1.54) is 12.1 Å². The van der Waals surface area contributed by atoms with Crippen molar-refractivity contribution >= 4 is 5.91 Å². The highest BCUT2D eigenvalue weighted by Gasteiger charge is 2.21. The maximum Gasteiger partial charge on any atom is 0.257 e. The second-order valence-electron chi connectivity index (χ2n) is 7.95. The molecule has 0 spiro atoms. The number of benzene rings is 3. The minimum atomic E-state index is -0.341. The average molecular weight is 428 g/mol. The van der Waals surface area contributed by atoms with Crippen LogP contribution >= 0.6 is 0 Å². The molecule has 1 amide bonds. The van der Waals surface area contributed by atoms with Crippen molar-refractivity contribution in [3.8, 4) is 28.4 Å². The molecular weight excluding hydrogens is 402 g/mol. The van der Waals surface area contributed by atoms with Gasteiger partial charge in [0.15, 0.2) is 0 Å². The number of carbonyl (C=O) groups excluding carboxylic acids is 1. The number of aromatic hydroxyl groups is 2. The molecular formula is C26H25N3O3. The lowest BCUT2D eigenvalue weighted by Crippen LogP contribution is -2.26. The molecule has 2 N–H and O–H groups in total. The Hall–Kier alpha value is -4.06. The minimum absolute atomic E-state index is 0.116. The molecule has 4 aromatic rings. The van der Waals surface area contributed by atoms with Crippen molar-refractivity contribution in [3.63, 3.8) is 0 Å². The van der Waals surface area contributed by atoms with E-state index in [0.717, 1.165) is 22.4 Å². The summed E-state index contributed by atoms with van der Waals surface area (Å²) in [5.41, 5.74) is 5.16. The van der Waals surface area contributed by atoms with Gasteiger partial charge in [0, 0.05) is 25.2 Å². The predicted molar refractivity (Wildman–Crippen MR) is 124 cm³/mol. The van der Waals surface area contributed by atoms with Crippen molar-refractivity contribution in [1.82, 2.24) is 14.7 Å². The molecule has 0 unspecified atom stereocenters. The number of hydrogen-bond donors (Lipinski definition) is 2. The highest BCUT2D eigenvalue weighted by atomic mass is 16.3. The third-order valence-electron chi connectivity index (χ3n) is 5.49.